The van der Waals surface area contributed by atoms with Gasteiger partial charge in [0, 0.05) is 24.9 Å². The van der Waals surface area contributed by atoms with Crippen LogP contribution in [0.15, 0.2) is 24.5 Å². The van der Waals surface area contributed by atoms with Crippen LogP contribution in [0.2, 0.25) is 5.02 Å². The Labute approximate surface area is 123 Å². The summed E-state index contributed by atoms with van der Waals surface area (Å²) in [4.78, 5) is 20.5. The lowest BCUT2D eigenvalue weighted by Crippen LogP contribution is -2.25. The van der Waals surface area contributed by atoms with E-state index < -0.39 is 0 Å². The molecule has 1 amide bonds. The maximum absolute atomic E-state index is 12.2. The van der Waals surface area contributed by atoms with Crippen LogP contribution < -0.4 is 5.32 Å². The molecule has 0 spiro atoms. The van der Waals surface area contributed by atoms with Crippen LogP contribution in [-0.4, -0.2) is 20.4 Å². The third-order valence-electron chi connectivity index (χ3n) is 2.98. The molecule has 0 radical (unpaired) electrons. The SMILES string of the molecule is CC(C)c1ncc(Cl)c(C(=O)NCc2cccn2C)n1. The highest BCUT2D eigenvalue weighted by atomic mass is 35.5. The largest absolute Gasteiger partial charge is 0.353 e. The second-order valence-electron chi connectivity index (χ2n) is 4.87. The first-order chi connectivity index (χ1) is 9.49. The van der Waals surface area contributed by atoms with Gasteiger partial charge in [-0.15, -0.1) is 0 Å². The molecule has 2 aromatic rings. The van der Waals surface area contributed by atoms with E-state index in [1.165, 1.54) is 6.20 Å². The van der Waals surface area contributed by atoms with Crippen LogP contribution in [-0.2, 0) is 13.6 Å². The molecule has 0 aliphatic heterocycles. The Balaban J connectivity index is 2.13. The van der Waals surface area contributed by atoms with Crippen LogP contribution >= 0.6 is 11.6 Å². The number of amides is 1. The number of aryl methyl sites for hydroxylation is 1. The minimum absolute atomic E-state index is 0.145. The fourth-order valence-electron chi connectivity index (χ4n) is 1.75. The van der Waals surface area contributed by atoms with Gasteiger partial charge in [0.05, 0.1) is 17.8 Å². The van der Waals surface area contributed by atoms with Gasteiger partial charge >= 0.3 is 0 Å². The van der Waals surface area contributed by atoms with Gasteiger partial charge in [-0.3, -0.25) is 4.79 Å². The van der Waals surface area contributed by atoms with Gasteiger partial charge in [0.1, 0.15) is 11.5 Å². The van der Waals surface area contributed by atoms with Crippen molar-refractivity contribution in [2.45, 2.75) is 26.3 Å². The van der Waals surface area contributed by atoms with Gasteiger partial charge in [0.25, 0.3) is 5.91 Å². The van der Waals surface area contributed by atoms with Crippen LogP contribution in [0, 0.1) is 0 Å². The summed E-state index contributed by atoms with van der Waals surface area (Å²) in [5, 5.41) is 3.08. The fourth-order valence-corrected chi connectivity index (χ4v) is 1.93. The number of carbonyl (C=O) groups excluding carboxylic acids is 1. The van der Waals surface area contributed by atoms with Crippen molar-refractivity contribution in [3.63, 3.8) is 0 Å². The standard InChI is InChI=1S/C14H17ClN4O/c1-9(2)13-16-8-11(15)12(18-13)14(20)17-7-10-5-4-6-19(10)3/h4-6,8-9H,7H2,1-3H3,(H,17,20). The zero-order valence-corrected chi connectivity index (χ0v) is 12.5. The van der Waals surface area contributed by atoms with E-state index in [1.54, 1.807) is 0 Å². The van der Waals surface area contributed by atoms with Gasteiger partial charge in [0.15, 0.2) is 0 Å². The highest BCUT2D eigenvalue weighted by Crippen LogP contribution is 2.16. The summed E-state index contributed by atoms with van der Waals surface area (Å²) in [6, 6.07) is 3.87. The molecule has 2 aromatic heterocycles. The van der Waals surface area contributed by atoms with Crippen molar-refractivity contribution >= 4 is 17.5 Å². The van der Waals surface area contributed by atoms with E-state index in [1.807, 2.05) is 43.8 Å². The van der Waals surface area contributed by atoms with Crippen LogP contribution in [0.4, 0.5) is 0 Å². The maximum atomic E-state index is 12.2. The Morgan fingerprint density at radius 2 is 2.25 bits per heavy atom. The van der Waals surface area contributed by atoms with Crippen molar-refractivity contribution in [3.8, 4) is 0 Å². The number of rotatable bonds is 4. The third kappa shape index (κ3) is 3.17. The van der Waals surface area contributed by atoms with Crippen molar-refractivity contribution in [3.05, 3.63) is 46.8 Å². The molecule has 2 heterocycles. The molecule has 20 heavy (non-hydrogen) atoms. The van der Waals surface area contributed by atoms with Gasteiger partial charge in [-0.2, -0.15) is 0 Å². The molecule has 0 saturated carbocycles. The van der Waals surface area contributed by atoms with Gasteiger partial charge in [0.2, 0.25) is 0 Å². The smallest absolute Gasteiger partial charge is 0.271 e. The van der Waals surface area contributed by atoms with E-state index in [9.17, 15) is 4.79 Å². The molecule has 0 bridgehead atoms. The van der Waals surface area contributed by atoms with Gasteiger partial charge < -0.3 is 9.88 Å². The molecule has 0 unspecified atom stereocenters. The molecule has 2 rings (SSSR count). The molecule has 106 valence electrons. The molecule has 0 atom stereocenters. The Morgan fingerprint density at radius 3 is 2.85 bits per heavy atom. The lowest BCUT2D eigenvalue weighted by molar-refractivity contribution is 0.0945. The number of carbonyl (C=O) groups is 1. The first kappa shape index (κ1) is 14.5. The number of nitrogens with zero attached hydrogens (tertiary/aromatic N) is 3. The Hall–Kier alpha value is -1.88. The van der Waals surface area contributed by atoms with E-state index in [0.717, 1.165) is 5.69 Å². The first-order valence-electron chi connectivity index (χ1n) is 6.40. The van der Waals surface area contributed by atoms with Gasteiger partial charge in [-0.05, 0) is 12.1 Å². The Morgan fingerprint density at radius 1 is 1.50 bits per heavy atom. The molecule has 0 aliphatic rings. The first-order valence-corrected chi connectivity index (χ1v) is 6.77. The van der Waals surface area contributed by atoms with E-state index in [-0.39, 0.29) is 22.5 Å². The summed E-state index contributed by atoms with van der Waals surface area (Å²) < 4.78 is 1.95. The van der Waals surface area contributed by atoms with Crippen LogP contribution in [0.3, 0.4) is 0 Å². The normalized spacial score (nSPS) is 10.8. The number of halogens is 1. The van der Waals surface area contributed by atoms with Crippen molar-refractivity contribution in [2.24, 2.45) is 7.05 Å². The molecule has 5 nitrogen and oxygen atoms in total. The van der Waals surface area contributed by atoms with Crippen molar-refractivity contribution in [2.75, 3.05) is 0 Å². The Bertz CT molecular complexity index is 621. The second kappa shape index (κ2) is 6.05. The maximum Gasteiger partial charge on any atom is 0.271 e. The number of aromatic nitrogens is 3. The van der Waals surface area contributed by atoms with Crippen LogP contribution in [0.5, 0.6) is 0 Å². The molecule has 6 heteroatoms. The van der Waals surface area contributed by atoms with Crippen molar-refractivity contribution < 1.29 is 4.79 Å². The Kier molecular flexibility index (Phi) is 4.39. The average Bonchev–Trinajstić information content (AvgIpc) is 2.81. The molecular formula is C14H17ClN4O. The van der Waals surface area contributed by atoms with Gasteiger partial charge in [-0.25, -0.2) is 9.97 Å². The molecule has 0 saturated heterocycles. The molecule has 0 aliphatic carbocycles. The second-order valence-corrected chi connectivity index (χ2v) is 5.28. The summed E-state index contributed by atoms with van der Waals surface area (Å²) in [5.41, 5.74) is 1.23. The number of nitrogens with one attached hydrogen (secondary N) is 1. The summed E-state index contributed by atoms with van der Waals surface area (Å²) in [6.07, 6.45) is 3.40. The van der Waals surface area contributed by atoms with E-state index in [0.29, 0.717) is 12.4 Å². The monoisotopic (exact) mass is 292 g/mol. The lowest BCUT2D eigenvalue weighted by atomic mass is 10.2. The number of hydrogen-bond donors (Lipinski definition) is 1. The zero-order chi connectivity index (χ0) is 14.7. The summed E-state index contributed by atoms with van der Waals surface area (Å²) in [6.45, 7) is 4.36. The molecule has 0 aromatic carbocycles. The molecule has 1 N–H and O–H groups in total. The average molecular weight is 293 g/mol. The predicted molar refractivity (Wildman–Crippen MR) is 77.7 cm³/mol. The van der Waals surface area contributed by atoms with E-state index in [2.05, 4.69) is 15.3 Å². The van der Waals surface area contributed by atoms with Crippen molar-refractivity contribution in [1.82, 2.24) is 19.9 Å². The minimum Gasteiger partial charge on any atom is -0.353 e. The number of hydrogen-bond acceptors (Lipinski definition) is 3. The predicted octanol–water partition coefficient (Wildman–Crippen LogP) is 2.52. The quantitative estimate of drug-likeness (QED) is 0.942. The fraction of sp³-hybridized carbons (Fsp3) is 0.357. The van der Waals surface area contributed by atoms with E-state index >= 15 is 0 Å². The highest BCUT2D eigenvalue weighted by molar-refractivity contribution is 6.33. The van der Waals surface area contributed by atoms with E-state index in [4.69, 9.17) is 11.6 Å². The van der Waals surface area contributed by atoms with Crippen molar-refractivity contribution in [1.29, 1.82) is 0 Å². The minimum atomic E-state index is -0.291. The van der Waals surface area contributed by atoms with Crippen LogP contribution in [0.25, 0.3) is 0 Å². The topological polar surface area (TPSA) is 59.8 Å². The third-order valence-corrected chi connectivity index (χ3v) is 3.25. The summed E-state index contributed by atoms with van der Waals surface area (Å²) in [7, 11) is 1.93. The van der Waals surface area contributed by atoms with Gasteiger partial charge in [-0.1, -0.05) is 25.4 Å². The zero-order valence-electron chi connectivity index (χ0n) is 11.7. The summed E-state index contributed by atoms with van der Waals surface area (Å²) >= 11 is 6.00. The highest BCUT2D eigenvalue weighted by Gasteiger charge is 2.15. The van der Waals surface area contributed by atoms with Crippen LogP contribution in [0.1, 0.15) is 41.8 Å². The molecular weight excluding hydrogens is 276 g/mol. The lowest BCUT2D eigenvalue weighted by Gasteiger charge is -2.09. The summed E-state index contributed by atoms with van der Waals surface area (Å²) in [5.74, 6) is 0.464. The molecule has 0 fully saturated rings.